The van der Waals surface area contributed by atoms with E-state index in [1.54, 1.807) is 0 Å². The SMILES string of the molecule is CC(C)OC(=O)CNCCC1CCC1. The van der Waals surface area contributed by atoms with Crippen molar-refractivity contribution >= 4 is 5.97 Å². The molecule has 0 amide bonds. The number of hydrogen-bond acceptors (Lipinski definition) is 3. The molecular formula is C11H21NO2. The van der Waals surface area contributed by atoms with Gasteiger partial charge in [-0.05, 0) is 32.7 Å². The van der Waals surface area contributed by atoms with Crippen LogP contribution in [0.2, 0.25) is 0 Å². The van der Waals surface area contributed by atoms with Gasteiger partial charge in [0, 0.05) is 0 Å². The predicted octanol–water partition coefficient (Wildman–Crippen LogP) is 1.72. The second kappa shape index (κ2) is 6.02. The molecule has 0 bridgehead atoms. The molecule has 0 aromatic carbocycles. The van der Waals surface area contributed by atoms with Crippen molar-refractivity contribution in [2.75, 3.05) is 13.1 Å². The molecule has 0 unspecified atom stereocenters. The van der Waals surface area contributed by atoms with Crippen molar-refractivity contribution in [3.05, 3.63) is 0 Å². The Hall–Kier alpha value is -0.570. The molecule has 82 valence electrons. The fourth-order valence-corrected chi connectivity index (χ4v) is 1.58. The van der Waals surface area contributed by atoms with Gasteiger partial charge < -0.3 is 10.1 Å². The lowest BCUT2D eigenvalue weighted by molar-refractivity contribution is -0.146. The van der Waals surface area contributed by atoms with Crippen molar-refractivity contribution in [2.45, 2.75) is 45.6 Å². The van der Waals surface area contributed by atoms with Crippen LogP contribution in [0.15, 0.2) is 0 Å². The maximum absolute atomic E-state index is 11.1. The minimum atomic E-state index is -0.145. The highest BCUT2D eigenvalue weighted by Gasteiger charge is 2.16. The van der Waals surface area contributed by atoms with Crippen molar-refractivity contribution in [2.24, 2.45) is 5.92 Å². The molecule has 1 saturated carbocycles. The lowest BCUT2D eigenvalue weighted by Gasteiger charge is -2.25. The molecule has 3 nitrogen and oxygen atoms in total. The summed E-state index contributed by atoms with van der Waals surface area (Å²) in [5.41, 5.74) is 0. The second-order valence-corrected chi connectivity index (χ2v) is 4.30. The molecule has 0 radical (unpaired) electrons. The number of esters is 1. The molecule has 1 aliphatic rings. The van der Waals surface area contributed by atoms with Crippen LogP contribution in [0.3, 0.4) is 0 Å². The highest BCUT2D eigenvalue weighted by atomic mass is 16.5. The first-order chi connectivity index (χ1) is 6.68. The predicted molar refractivity (Wildman–Crippen MR) is 56.1 cm³/mol. The Morgan fingerprint density at radius 3 is 2.71 bits per heavy atom. The molecule has 0 heterocycles. The van der Waals surface area contributed by atoms with Crippen molar-refractivity contribution in [1.29, 1.82) is 0 Å². The molecule has 14 heavy (non-hydrogen) atoms. The lowest BCUT2D eigenvalue weighted by Crippen LogP contribution is -2.29. The van der Waals surface area contributed by atoms with E-state index in [1.165, 1.54) is 25.7 Å². The summed E-state index contributed by atoms with van der Waals surface area (Å²) in [7, 11) is 0. The molecule has 0 atom stereocenters. The van der Waals surface area contributed by atoms with Gasteiger partial charge in [0.15, 0.2) is 0 Å². The Labute approximate surface area is 86.2 Å². The van der Waals surface area contributed by atoms with Gasteiger partial charge in [-0.2, -0.15) is 0 Å². The van der Waals surface area contributed by atoms with E-state index in [1.807, 2.05) is 13.8 Å². The summed E-state index contributed by atoms with van der Waals surface area (Å²) in [5.74, 6) is 0.761. The van der Waals surface area contributed by atoms with E-state index in [-0.39, 0.29) is 12.1 Å². The van der Waals surface area contributed by atoms with Crippen LogP contribution >= 0.6 is 0 Å². The quantitative estimate of drug-likeness (QED) is 0.523. The molecule has 0 aromatic rings. The molecule has 3 heteroatoms. The fraction of sp³-hybridized carbons (Fsp3) is 0.909. The molecule has 1 N–H and O–H groups in total. The van der Waals surface area contributed by atoms with E-state index in [2.05, 4.69) is 5.32 Å². The summed E-state index contributed by atoms with van der Waals surface area (Å²) in [6, 6.07) is 0. The Morgan fingerprint density at radius 1 is 1.50 bits per heavy atom. The summed E-state index contributed by atoms with van der Waals surface area (Å²) in [6.45, 7) is 5.03. The summed E-state index contributed by atoms with van der Waals surface area (Å²) < 4.78 is 5.00. The minimum absolute atomic E-state index is 0.00377. The number of rotatable bonds is 6. The zero-order chi connectivity index (χ0) is 10.4. The van der Waals surface area contributed by atoms with Crippen LogP contribution in [0.4, 0.5) is 0 Å². The van der Waals surface area contributed by atoms with Gasteiger partial charge in [0.1, 0.15) is 0 Å². The van der Waals surface area contributed by atoms with E-state index in [0.29, 0.717) is 6.54 Å². The van der Waals surface area contributed by atoms with Crippen LogP contribution in [-0.4, -0.2) is 25.2 Å². The number of carbonyl (C=O) groups is 1. The number of carbonyl (C=O) groups excluding carboxylic acids is 1. The molecule has 0 spiro atoms. The van der Waals surface area contributed by atoms with Crippen LogP contribution in [-0.2, 0) is 9.53 Å². The van der Waals surface area contributed by atoms with Gasteiger partial charge in [-0.1, -0.05) is 19.3 Å². The lowest BCUT2D eigenvalue weighted by atomic mass is 9.83. The third kappa shape index (κ3) is 4.61. The smallest absolute Gasteiger partial charge is 0.320 e. The van der Waals surface area contributed by atoms with E-state index < -0.39 is 0 Å². The molecule has 1 rings (SSSR count). The van der Waals surface area contributed by atoms with E-state index in [4.69, 9.17) is 4.74 Å². The highest BCUT2D eigenvalue weighted by molar-refractivity contribution is 5.71. The van der Waals surface area contributed by atoms with Crippen molar-refractivity contribution in [1.82, 2.24) is 5.32 Å². The Bertz CT molecular complexity index is 176. The standard InChI is InChI=1S/C11H21NO2/c1-9(2)14-11(13)8-12-7-6-10-4-3-5-10/h9-10,12H,3-8H2,1-2H3. The Balaban J connectivity index is 1.89. The summed E-state index contributed by atoms with van der Waals surface area (Å²) >= 11 is 0. The molecule has 0 aromatic heterocycles. The van der Waals surface area contributed by atoms with Crippen LogP contribution in [0, 0.1) is 5.92 Å². The first kappa shape index (κ1) is 11.5. The van der Waals surface area contributed by atoms with Crippen LogP contribution < -0.4 is 5.32 Å². The normalized spacial score (nSPS) is 16.8. The van der Waals surface area contributed by atoms with Gasteiger partial charge in [-0.3, -0.25) is 4.79 Å². The van der Waals surface area contributed by atoms with Crippen LogP contribution in [0.25, 0.3) is 0 Å². The maximum atomic E-state index is 11.1. The highest BCUT2D eigenvalue weighted by Crippen LogP contribution is 2.28. The molecule has 0 saturated heterocycles. The molecule has 1 aliphatic carbocycles. The zero-order valence-electron chi connectivity index (χ0n) is 9.21. The molecular weight excluding hydrogens is 178 g/mol. The van der Waals surface area contributed by atoms with Crippen molar-refractivity contribution in [3.8, 4) is 0 Å². The topological polar surface area (TPSA) is 38.3 Å². The number of hydrogen-bond donors (Lipinski definition) is 1. The third-order valence-corrected chi connectivity index (χ3v) is 2.59. The Morgan fingerprint density at radius 2 is 2.21 bits per heavy atom. The van der Waals surface area contributed by atoms with Gasteiger partial charge in [-0.15, -0.1) is 0 Å². The summed E-state index contributed by atoms with van der Waals surface area (Å²) in [4.78, 5) is 11.1. The van der Waals surface area contributed by atoms with Gasteiger partial charge >= 0.3 is 5.97 Å². The first-order valence-corrected chi connectivity index (χ1v) is 5.58. The van der Waals surface area contributed by atoms with E-state index in [0.717, 1.165) is 12.5 Å². The summed E-state index contributed by atoms with van der Waals surface area (Å²) in [5, 5.41) is 3.12. The van der Waals surface area contributed by atoms with Crippen molar-refractivity contribution < 1.29 is 9.53 Å². The van der Waals surface area contributed by atoms with Crippen molar-refractivity contribution in [3.63, 3.8) is 0 Å². The second-order valence-electron chi connectivity index (χ2n) is 4.30. The molecule has 0 aliphatic heterocycles. The average molecular weight is 199 g/mol. The van der Waals surface area contributed by atoms with Gasteiger partial charge in [0.2, 0.25) is 0 Å². The van der Waals surface area contributed by atoms with Gasteiger partial charge in [0.25, 0.3) is 0 Å². The number of nitrogens with one attached hydrogen (secondary N) is 1. The van der Waals surface area contributed by atoms with Crippen LogP contribution in [0.1, 0.15) is 39.5 Å². The summed E-state index contributed by atoms with van der Waals surface area (Å²) in [6.07, 6.45) is 5.33. The van der Waals surface area contributed by atoms with Crippen LogP contribution in [0.5, 0.6) is 0 Å². The largest absolute Gasteiger partial charge is 0.462 e. The average Bonchev–Trinajstić information content (AvgIpc) is 1.99. The zero-order valence-corrected chi connectivity index (χ0v) is 9.21. The van der Waals surface area contributed by atoms with Gasteiger partial charge in [0.05, 0.1) is 12.6 Å². The molecule has 1 fully saturated rings. The Kier molecular flexibility index (Phi) is 4.94. The minimum Gasteiger partial charge on any atom is -0.462 e. The number of ether oxygens (including phenoxy) is 1. The van der Waals surface area contributed by atoms with Gasteiger partial charge in [-0.25, -0.2) is 0 Å². The fourth-order valence-electron chi connectivity index (χ4n) is 1.58. The van der Waals surface area contributed by atoms with E-state index in [9.17, 15) is 4.79 Å². The van der Waals surface area contributed by atoms with E-state index >= 15 is 0 Å². The maximum Gasteiger partial charge on any atom is 0.320 e. The monoisotopic (exact) mass is 199 g/mol. The first-order valence-electron chi connectivity index (χ1n) is 5.58. The third-order valence-electron chi connectivity index (χ3n) is 2.59.